The van der Waals surface area contributed by atoms with E-state index in [-0.39, 0.29) is 19.2 Å². The molecule has 1 rings (SSSR count). The molecule has 0 aliphatic carbocycles. The predicted molar refractivity (Wildman–Crippen MR) is 65.0 cm³/mol. The van der Waals surface area contributed by atoms with Crippen molar-refractivity contribution < 1.29 is 31.1 Å². The molecule has 0 aromatic heterocycles. The van der Waals surface area contributed by atoms with Crippen molar-refractivity contribution in [3.8, 4) is 5.75 Å². The molecule has 0 bridgehead atoms. The van der Waals surface area contributed by atoms with Crippen molar-refractivity contribution in [3.63, 3.8) is 0 Å². The SMILES string of the molecule is C=CCNCCOc1cc(C(F)(F)F)cc(C(F)(F)F)c1. The molecule has 1 aromatic carbocycles. The van der Waals surface area contributed by atoms with Crippen molar-refractivity contribution in [2.24, 2.45) is 0 Å². The molecule has 118 valence electrons. The number of hydrogen-bond acceptors (Lipinski definition) is 2. The number of alkyl halides is 6. The van der Waals surface area contributed by atoms with Crippen LogP contribution in [0.4, 0.5) is 26.3 Å². The summed E-state index contributed by atoms with van der Waals surface area (Å²) in [6, 6.07) is 1.15. The second kappa shape index (κ2) is 6.84. The van der Waals surface area contributed by atoms with Gasteiger partial charge in [-0.05, 0) is 18.2 Å². The van der Waals surface area contributed by atoms with Crippen LogP contribution >= 0.6 is 0 Å². The van der Waals surface area contributed by atoms with E-state index in [0.717, 1.165) is 0 Å². The van der Waals surface area contributed by atoms with Crippen molar-refractivity contribution in [1.82, 2.24) is 5.32 Å². The Morgan fingerprint density at radius 3 is 1.95 bits per heavy atom. The number of benzene rings is 1. The quantitative estimate of drug-likeness (QED) is 0.489. The lowest BCUT2D eigenvalue weighted by atomic mass is 10.1. The average Bonchev–Trinajstić information content (AvgIpc) is 2.36. The standard InChI is InChI=1S/C13H13F6NO/c1-2-3-20-4-5-21-11-7-9(12(14,15)16)6-10(8-11)13(17,18)19/h2,6-8,20H,1,3-5H2. The van der Waals surface area contributed by atoms with Crippen LogP contribution in [0.2, 0.25) is 0 Å². The maximum Gasteiger partial charge on any atom is 0.416 e. The molecular formula is C13H13F6NO. The Kier molecular flexibility index (Phi) is 5.65. The van der Waals surface area contributed by atoms with Gasteiger partial charge in [0.1, 0.15) is 12.4 Å². The maximum absolute atomic E-state index is 12.6. The van der Waals surface area contributed by atoms with Crippen LogP contribution < -0.4 is 10.1 Å². The maximum atomic E-state index is 12.6. The fourth-order valence-corrected chi connectivity index (χ4v) is 1.45. The molecule has 0 saturated heterocycles. The van der Waals surface area contributed by atoms with E-state index in [1.807, 2.05) is 0 Å². The molecule has 0 saturated carbocycles. The lowest BCUT2D eigenvalue weighted by Gasteiger charge is -2.14. The van der Waals surface area contributed by atoms with E-state index < -0.39 is 29.2 Å². The summed E-state index contributed by atoms with van der Waals surface area (Å²) in [6.45, 7) is 4.10. The van der Waals surface area contributed by atoms with Crippen LogP contribution in [0.3, 0.4) is 0 Å². The molecule has 0 aliphatic rings. The fraction of sp³-hybridized carbons (Fsp3) is 0.385. The highest BCUT2D eigenvalue weighted by atomic mass is 19.4. The van der Waals surface area contributed by atoms with Gasteiger partial charge in [0.25, 0.3) is 0 Å². The largest absolute Gasteiger partial charge is 0.492 e. The Bertz CT molecular complexity index is 448. The van der Waals surface area contributed by atoms with Crippen LogP contribution in [-0.2, 0) is 12.4 Å². The number of rotatable bonds is 6. The summed E-state index contributed by atoms with van der Waals surface area (Å²) in [5.41, 5.74) is -2.79. The Balaban J connectivity index is 2.90. The van der Waals surface area contributed by atoms with Gasteiger partial charge in [0.05, 0.1) is 11.1 Å². The third-order valence-electron chi connectivity index (χ3n) is 2.40. The first kappa shape index (κ1) is 17.4. The average molecular weight is 313 g/mol. The Morgan fingerprint density at radius 2 is 1.52 bits per heavy atom. The summed E-state index contributed by atoms with van der Waals surface area (Å²) in [5, 5.41) is 2.81. The van der Waals surface area contributed by atoms with Crippen molar-refractivity contribution in [2.45, 2.75) is 12.4 Å². The minimum Gasteiger partial charge on any atom is -0.492 e. The molecule has 0 amide bonds. The van der Waals surface area contributed by atoms with Gasteiger partial charge in [-0.3, -0.25) is 0 Å². The molecule has 0 unspecified atom stereocenters. The first-order valence-corrected chi connectivity index (χ1v) is 5.88. The van der Waals surface area contributed by atoms with Crippen LogP contribution in [0, 0.1) is 0 Å². The van der Waals surface area contributed by atoms with Gasteiger partial charge in [-0.15, -0.1) is 6.58 Å². The third kappa shape index (κ3) is 5.66. The van der Waals surface area contributed by atoms with Crippen LogP contribution in [0.15, 0.2) is 30.9 Å². The van der Waals surface area contributed by atoms with Gasteiger partial charge in [-0.25, -0.2) is 0 Å². The second-order valence-electron chi connectivity index (χ2n) is 4.08. The van der Waals surface area contributed by atoms with E-state index in [4.69, 9.17) is 4.74 Å². The van der Waals surface area contributed by atoms with E-state index in [0.29, 0.717) is 18.7 Å². The zero-order chi connectivity index (χ0) is 16.1. The van der Waals surface area contributed by atoms with E-state index >= 15 is 0 Å². The lowest BCUT2D eigenvalue weighted by molar-refractivity contribution is -0.143. The molecule has 0 spiro atoms. The van der Waals surface area contributed by atoms with Gasteiger partial charge in [-0.1, -0.05) is 6.08 Å². The van der Waals surface area contributed by atoms with Gasteiger partial charge in [0.15, 0.2) is 0 Å². The molecule has 0 radical (unpaired) electrons. The zero-order valence-corrected chi connectivity index (χ0v) is 10.8. The topological polar surface area (TPSA) is 21.3 Å². The fourth-order valence-electron chi connectivity index (χ4n) is 1.45. The number of ether oxygens (including phenoxy) is 1. The third-order valence-corrected chi connectivity index (χ3v) is 2.40. The van der Waals surface area contributed by atoms with Gasteiger partial charge < -0.3 is 10.1 Å². The summed E-state index contributed by atoms with van der Waals surface area (Å²) in [5.74, 6) is -0.474. The smallest absolute Gasteiger partial charge is 0.416 e. The number of hydrogen-bond donors (Lipinski definition) is 1. The van der Waals surface area contributed by atoms with Gasteiger partial charge >= 0.3 is 12.4 Å². The first-order valence-electron chi connectivity index (χ1n) is 5.88. The van der Waals surface area contributed by atoms with Gasteiger partial charge in [0, 0.05) is 13.1 Å². The minimum absolute atomic E-state index is 0.0584. The summed E-state index contributed by atoms with van der Waals surface area (Å²) >= 11 is 0. The molecule has 2 nitrogen and oxygen atoms in total. The van der Waals surface area contributed by atoms with Crippen LogP contribution in [0.25, 0.3) is 0 Å². The van der Waals surface area contributed by atoms with Crippen molar-refractivity contribution in [2.75, 3.05) is 19.7 Å². The lowest BCUT2D eigenvalue weighted by Crippen LogP contribution is -2.21. The number of nitrogens with one attached hydrogen (secondary N) is 1. The molecule has 0 aliphatic heterocycles. The molecule has 1 aromatic rings. The van der Waals surface area contributed by atoms with E-state index in [9.17, 15) is 26.3 Å². The van der Waals surface area contributed by atoms with Gasteiger partial charge in [-0.2, -0.15) is 26.3 Å². The monoisotopic (exact) mass is 313 g/mol. The molecule has 1 N–H and O–H groups in total. The van der Waals surface area contributed by atoms with E-state index in [1.54, 1.807) is 6.08 Å². The Morgan fingerprint density at radius 1 is 1.00 bits per heavy atom. The predicted octanol–water partition coefficient (Wildman–Crippen LogP) is 3.88. The molecular weight excluding hydrogens is 300 g/mol. The van der Waals surface area contributed by atoms with Crippen molar-refractivity contribution >= 4 is 0 Å². The molecule has 21 heavy (non-hydrogen) atoms. The first-order chi connectivity index (χ1) is 9.64. The highest BCUT2D eigenvalue weighted by molar-refractivity contribution is 5.37. The molecule has 0 heterocycles. The summed E-state index contributed by atoms with van der Waals surface area (Å²) < 4.78 is 80.4. The zero-order valence-electron chi connectivity index (χ0n) is 10.8. The van der Waals surface area contributed by atoms with Gasteiger partial charge in [0.2, 0.25) is 0 Å². The molecule has 0 fully saturated rings. The highest BCUT2D eigenvalue weighted by Gasteiger charge is 2.37. The van der Waals surface area contributed by atoms with Crippen molar-refractivity contribution in [3.05, 3.63) is 42.0 Å². The highest BCUT2D eigenvalue weighted by Crippen LogP contribution is 2.38. The van der Waals surface area contributed by atoms with Crippen LogP contribution in [0.1, 0.15) is 11.1 Å². The second-order valence-corrected chi connectivity index (χ2v) is 4.08. The van der Waals surface area contributed by atoms with Crippen molar-refractivity contribution in [1.29, 1.82) is 0 Å². The van der Waals surface area contributed by atoms with Crippen LogP contribution in [-0.4, -0.2) is 19.7 Å². The van der Waals surface area contributed by atoms with E-state index in [1.165, 1.54) is 0 Å². The Labute approximate surface area is 117 Å². The minimum atomic E-state index is -4.87. The summed E-state index contributed by atoms with van der Waals surface area (Å²) in [6.07, 6.45) is -8.19. The summed E-state index contributed by atoms with van der Waals surface area (Å²) in [7, 11) is 0. The number of halogens is 6. The Hall–Kier alpha value is -1.70. The molecule has 0 atom stereocenters. The summed E-state index contributed by atoms with van der Waals surface area (Å²) in [4.78, 5) is 0. The normalized spacial score (nSPS) is 12.3. The van der Waals surface area contributed by atoms with E-state index in [2.05, 4.69) is 11.9 Å². The van der Waals surface area contributed by atoms with Crippen LogP contribution in [0.5, 0.6) is 5.75 Å². The molecule has 8 heteroatoms.